The van der Waals surface area contributed by atoms with Crippen molar-refractivity contribution in [2.75, 3.05) is 16.4 Å². The summed E-state index contributed by atoms with van der Waals surface area (Å²) in [4.78, 5) is 0. The molecule has 1 aromatic carbocycles. The van der Waals surface area contributed by atoms with Gasteiger partial charge in [-0.2, -0.15) is 5.10 Å². The van der Waals surface area contributed by atoms with Crippen LogP contribution in [0.15, 0.2) is 30.5 Å². The van der Waals surface area contributed by atoms with E-state index in [1.807, 2.05) is 24.3 Å². The largest absolute Gasteiger partial charge is 0.399 e. The van der Waals surface area contributed by atoms with E-state index in [9.17, 15) is 0 Å². The Balaban J connectivity index is 1.92. The predicted octanol–water partition coefficient (Wildman–Crippen LogP) is 1.53. The minimum Gasteiger partial charge on any atom is -0.399 e. The Kier molecular flexibility index (Phi) is 1.58. The van der Waals surface area contributed by atoms with E-state index in [0.29, 0.717) is 0 Å². The number of hydrogen-bond donors (Lipinski definition) is 4. The molecule has 0 saturated heterocycles. The number of nitrogen functional groups attached to an aromatic ring is 1. The molecule has 2 heterocycles. The van der Waals surface area contributed by atoms with E-state index in [1.54, 1.807) is 6.20 Å². The monoisotopic (exact) mass is 201 g/mol. The van der Waals surface area contributed by atoms with E-state index in [0.717, 1.165) is 22.8 Å². The minimum atomic E-state index is 0.0456. The first-order valence-corrected chi connectivity index (χ1v) is 4.75. The summed E-state index contributed by atoms with van der Waals surface area (Å²) < 4.78 is 0. The lowest BCUT2D eigenvalue weighted by Gasteiger charge is -2.08. The second-order valence-electron chi connectivity index (χ2n) is 3.54. The maximum Gasteiger partial charge on any atom is 0.140 e. The van der Waals surface area contributed by atoms with Crippen molar-refractivity contribution < 1.29 is 0 Å². The third kappa shape index (κ3) is 1.28. The molecular formula is C10H11N5. The summed E-state index contributed by atoms with van der Waals surface area (Å²) in [6.45, 7) is 0. The summed E-state index contributed by atoms with van der Waals surface area (Å²) in [7, 11) is 0. The second-order valence-corrected chi connectivity index (χ2v) is 3.54. The smallest absolute Gasteiger partial charge is 0.140 e. The molecule has 0 spiro atoms. The first kappa shape index (κ1) is 8.16. The van der Waals surface area contributed by atoms with Gasteiger partial charge in [0.05, 0.1) is 17.1 Å². The highest BCUT2D eigenvalue weighted by atomic mass is 15.2. The van der Waals surface area contributed by atoms with Crippen LogP contribution in [0.5, 0.6) is 0 Å². The van der Waals surface area contributed by atoms with Crippen LogP contribution >= 0.6 is 0 Å². The Labute approximate surface area is 86.7 Å². The molecule has 2 aromatic rings. The molecule has 0 aliphatic carbocycles. The van der Waals surface area contributed by atoms with Crippen molar-refractivity contribution in [3.8, 4) is 0 Å². The Morgan fingerprint density at radius 1 is 1.13 bits per heavy atom. The number of benzene rings is 1. The molecule has 5 N–H and O–H groups in total. The lowest BCUT2D eigenvalue weighted by molar-refractivity contribution is 0.866. The summed E-state index contributed by atoms with van der Waals surface area (Å²) in [5.74, 6) is 0. The molecule has 0 bridgehead atoms. The summed E-state index contributed by atoms with van der Waals surface area (Å²) in [5.41, 5.74) is 9.55. The zero-order valence-electron chi connectivity index (χ0n) is 7.99. The number of H-pyrrole nitrogens is 1. The van der Waals surface area contributed by atoms with Gasteiger partial charge in [-0.15, -0.1) is 0 Å². The topological polar surface area (TPSA) is 78.8 Å². The van der Waals surface area contributed by atoms with Gasteiger partial charge in [-0.1, -0.05) is 0 Å². The molecular weight excluding hydrogens is 190 g/mol. The molecule has 5 nitrogen and oxygen atoms in total. The molecule has 3 rings (SSSR count). The van der Waals surface area contributed by atoms with Gasteiger partial charge in [0.2, 0.25) is 0 Å². The van der Waals surface area contributed by atoms with Gasteiger partial charge in [0.15, 0.2) is 0 Å². The molecule has 76 valence electrons. The van der Waals surface area contributed by atoms with Crippen molar-refractivity contribution in [1.29, 1.82) is 0 Å². The van der Waals surface area contributed by atoms with Crippen LogP contribution in [-0.2, 0) is 0 Å². The summed E-state index contributed by atoms with van der Waals surface area (Å²) >= 11 is 0. The fraction of sp³-hybridized carbons (Fsp3) is 0.100. The first-order valence-electron chi connectivity index (χ1n) is 4.75. The normalized spacial score (nSPS) is 18.0. The molecule has 0 radical (unpaired) electrons. The number of aromatic amines is 1. The molecule has 1 aliphatic rings. The number of rotatable bonds is 1. The van der Waals surface area contributed by atoms with Crippen molar-refractivity contribution in [2.24, 2.45) is 0 Å². The van der Waals surface area contributed by atoms with Gasteiger partial charge < -0.3 is 16.4 Å². The molecule has 0 amide bonds. The van der Waals surface area contributed by atoms with Gasteiger partial charge >= 0.3 is 0 Å². The average Bonchev–Trinajstić information content (AvgIpc) is 2.84. The third-order valence-electron chi connectivity index (χ3n) is 2.48. The summed E-state index contributed by atoms with van der Waals surface area (Å²) in [6.07, 6.45) is 1.78. The van der Waals surface area contributed by atoms with E-state index in [2.05, 4.69) is 20.8 Å². The zero-order chi connectivity index (χ0) is 10.3. The maximum atomic E-state index is 5.71. The van der Waals surface area contributed by atoms with Crippen molar-refractivity contribution in [2.45, 2.75) is 6.17 Å². The number of fused-ring (bicyclic) bond motifs is 1. The van der Waals surface area contributed by atoms with E-state index < -0.39 is 0 Å². The minimum absolute atomic E-state index is 0.0456. The van der Waals surface area contributed by atoms with Crippen LogP contribution in [0.2, 0.25) is 0 Å². The molecule has 0 saturated carbocycles. The van der Waals surface area contributed by atoms with Crippen LogP contribution in [-0.4, -0.2) is 10.2 Å². The second kappa shape index (κ2) is 2.91. The van der Waals surface area contributed by atoms with Crippen LogP contribution in [0.4, 0.5) is 17.1 Å². The highest BCUT2D eigenvalue weighted by Gasteiger charge is 2.21. The van der Waals surface area contributed by atoms with E-state index >= 15 is 0 Å². The fourth-order valence-electron chi connectivity index (χ4n) is 1.74. The van der Waals surface area contributed by atoms with Gasteiger partial charge in [-0.05, 0) is 24.3 Å². The van der Waals surface area contributed by atoms with Crippen LogP contribution < -0.4 is 16.4 Å². The Morgan fingerprint density at radius 2 is 2.00 bits per heavy atom. The number of nitrogens with two attached hydrogens (primary N) is 1. The van der Waals surface area contributed by atoms with E-state index in [4.69, 9.17) is 5.73 Å². The SMILES string of the molecule is Nc1ccc2c(c1)NC(c1ccn[nH]1)N2. The standard InChI is InChI=1S/C10H11N5/c11-6-1-2-7-9(5-6)14-10(13-7)8-3-4-12-15-8/h1-5,10,13-14H,11H2,(H,12,15). The molecule has 1 aliphatic heterocycles. The Morgan fingerprint density at radius 3 is 2.80 bits per heavy atom. The molecule has 0 fully saturated rings. The van der Waals surface area contributed by atoms with Gasteiger partial charge in [-0.25, -0.2) is 0 Å². The molecule has 1 aromatic heterocycles. The molecule has 1 atom stereocenters. The molecule has 15 heavy (non-hydrogen) atoms. The first-order chi connectivity index (χ1) is 7.33. The van der Waals surface area contributed by atoms with Crippen molar-refractivity contribution in [1.82, 2.24) is 10.2 Å². The van der Waals surface area contributed by atoms with Gasteiger partial charge in [0, 0.05) is 11.9 Å². The summed E-state index contributed by atoms with van der Waals surface area (Å²) in [5, 5.41) is 13.5. The lowest BCUT2D eigenvalue weighted by Crippen LogP contribution is -2.12. The predicted molar refractivity (Wildman–Crippen MR) is 59.4 cm³/mol. The van der Waals surface area contributed by atoms with Crippen LogP contribution in [0, 0.1) is 0 Å². The van der Waals surface area contributed by atoms with Gasteiger partial charge in [0.1, 0.15) is 6.17 Å². The van der Waals surface area contributed by atoms with Crippen LogP contribution in [0.1, 0.15) is 11.9 Å². The Hall–Kier alpha value is -2.17. The lowest BCUT2D eigenvalue weighted by atomic mass is 10.2. The van der Waals surface area contributed by atoms with E-state index in [1.165, 1.54) is 0 Å². The highest BCUT2D eigenvalue weighted by molar-refractivity contribution is 5.78. The highest BCUT2D eigenvalue weighted by Crippen LogP contribution is 2.35. The third-order valence-corrected chi connectivity index (χ3v) is 2.48. The van der Waals surface area contributed by atoms with Gasteiger partial charge in [-0.3, -0.25) is 5.10 Å². The molecule has 1 unspecified atom stereocenters. The molecule has 5 heteroatoms. The quantitative estimate of drug-likeness (QED) is 0.527. The Bertz CT molecular complexity index is 477. The van der Waals surface area contributed by atoms with E-state index in [-0.39, 0.29) is 6.17 Å². The maximum absolute atomic E-state index is 5.71. The average molecular weight is 201 g/mol. The number of nitrogens with zero attached hydrogens (tertiary/aromatic N) is 1. The number of anilines is 3. The number of aromatic nitrogens is 2. The van der Waals surface area contributed by atoms with Gasteiger partial charge in [0.25, 0.3) is 0 Å². The van der Waals surface area contributed by atoms with Crippen molar-refractivity contribution >= 4 is 17.1 Å². The number of nitrogens with one attached hydrogen (secondary N) is 3. The van der Waals surface area contributed by atoms with Crippen LogP contribution in [0.3, 0.4) is 0 Å². The summed E-state index contributed by atoms with van der Waals surface area (Å²) in [6, 6.07) is 7.69. The number of hydrogen-bond acceptors (Lipinski definition) is 4. The van der Waals surface area contributed by atoms with Crippen molar-refractivity contribution in [3.05, 3.63) is 36.2 Å². The fourth-order valence-corrected chi connectivity index (χ4v) is 1.74. The van der Waals surface area contributed by atoms with Crippen molar-refractivity contribution in [3.63, 3.8) is 0 Å². The van der Waals surface area contributed by atoms with Crippen LogP contribution in [0.25, 0.3) is 0 Å². The zero-order valence-corrected chi connectivity index (χ0v) is 7.99.